The molecular weight excluding hydrogens is 202 g/mol. The second-order valence-electron chi connectivity index (χ2n) is 3.89. The zero-order valence-corrected chi connectivity index (χ0v) is 10.1. The molecule has 0 heterocycles. The fourth-order valence-corrected chi connectivity index (χ4v) is 1.85. The van der Waals surface area contributed by atoms with Gasteiger partial charge >= 0.3 is 0 Å². The van der Waals surface area contributed by atoms with E-state index >= 15 is 0 Å². The zero-order valence-electron chi connectivity index (χ0n) is 10.1. The summed E-state index contributed by atoms with van der Waals surface area (Å²) in [5, 5.41) is 10.3. The summed E-state index contributed by atoms with van der Waals surface area (Å²) < 4.78 is 0. The van der Waals surface area contributed by atoms with E-state index in [9.17, 15) is 9.90 Å². The maximum absolute atomic E-state index is 12.1. The molecule has 0 saturated carbocycles. The standard InChI is InChI=1S/C13H19NO2/c1-4-14(5-2)13(3,16)12(15)11-9-7-6-8-10-11/h6-10,16H,4-5H2,1-3H3. The number of nitrogens with zero attached hydrogens (tertiary/aromatic N) is 1. The van der Waals surface area contributed by atoms with Gasteiger partial charge in [-0.3, -0.25) is 9.69 Å². The number of aliphatic hydroxyl groups is 1. The molecule has 0 aromatic heterocycles. The van der Waals surface area contributed by atoms with Crippen LogP contribution < -0.4 is 0 Å². The monoisotopic (exact) mass is 221 g/mol. The van der Waals surface area contributed by atoms with E-state index in [1.54, 1.807) is 36.1 Å². The molecule has 1 atom stereocenters. The minimum atomic E-state index is -1.43. The van der Waals surface area contributed by atoms with Crippen molar-refractivity contribution in [2.45, 2.75) is 26.5 Å². The van der Waals surface area contributed by atoms with Crippen molar-refractivity contribution in [3.05, 3.63) is 35.9 Å². The first-order chi connectivity index (χ1) is 7.54. The van der Waals surface area contributed by atoms with Gasteiger partial charge < -0.3 is 5.11 Å². The summed E-state index contributed by atoms with van der Waals surface area (Å²) in [6, 6.07) is 8.89. The van der Waals surface area contributed by atoms with Gasteiger partial charge in [-0.15, -0.1) is 0 Å². The molecule has 0 radical (unpaired) electrons. The third-order valence-electron chi connectivity index (χ3n) is 2.85. The molecule has 0 saturated heterocycles. The first-order valence-electron chi connectivity index (χ1n) is 5.61. The molecule has 16 heavy (non-hydrogen) atoms. The first kappa shape index (κ1) is 12.9. The first-order valence-corrected chi connectivity index (χ1v) is 5.61. The van der Waals surface area contributed by atoms with Gasteiger partial charge in [-0.2, -0.15) is 0 Å². The Morgan fingerprint density at radius 1 is 1.25 bits per heavy atom. The minimum absolute atomic E-state index is 0.253. The molecule has 1 N–H and O–H groups in total. The second-order valence-corrected chi connectivity index (χ2v) is 3.89. The van der Waals surface area contributed by atoms with Gasteiger partial charge in [0.15, 0.2) is 5.72 Å². The molecule has 3 nitrogen and oxygen atoms in total. The van der Waals surface area contributed by atoms with Gasteiger partial charge in [0.2, 0.25) is 5.78 Å². The highest BCUT2D eigenvalue weighted by Gasteiger charge is 2.35. The van der Waals surface area contributed by atoms with E-state index in [2.05, 4.69) is 0 Å². The second kappa shape index (κ2) is 5.23. The predicted octanol–water partition coefficient (Wildman–Crippen LogP) is 1.92. The molecule has 0 aliphatic rings. The number of likely N-dealkylation sites (N-methyl/N-ethyl adjacent to an activating group) is 1. The molecule has 0 bridgehead atoms. The van der Waals surface area contributed by atoms with E-state index in [4.69, 9.17) is 0 Å². The van der Waals surface area contributed by atoms with Gasteiger partial charge in [0.1, 0.15) is 0 Å². The van der Waals surface area contributed by atoms with E-state index in [1.165, 1.54) is 0 Å². The SMILES string of the molecule is CCN(CC)C(C)(O)C(=O)c1ccccc1. The van der Waals surface area contributed by atoms with E-state index in [-0.39, 0.29) is 5.78 Å². The van der Waals surface area contributed by atoms with Crippen LogP contribution in [0.2, 0.25) is 0 Å². The maximum Gasteiger partial charge on any atom is 0.209 e. The summed E-state index contributed by atoms with van der Waals surface area (Å²) in [5.74, 6) is -0.253. The van der Waals surface area contributed by atoms with Gasteiger partial charge in [-0.1, -0.05) is 44.2 Å². The Labute approximate surface area is 96.7 Å². The Bertz CT molecular complexity index is 342. The molecule has 3 heteroatoms. The smallest absolute Gasteiger partial charge is 0.209 e. The van der Waals surface area contributed by atoms with Crippen molar-refractivity contribution in [3.8, 4) is 0 Å². The van der Waals surface area contributed by atoms with Crippen LogP contribution >= 0.6 is 0 Å². The average molecular weight is 221 g/mol. The van der Waals surface area contributed by atoms with Crippen molar-refractivity contribution in [2.24, 2.45) is 0 Å². The summed E-state index contributed by atoms with van der Waals surface area (Å²) in [6.07, 6.45) is 0. The molecule has 0 spiro atoms. The number of hydrogen-bond acceptors (Lipinski definition) is 3. The normalized spacial score (nSPS) is 14.8. The van der Waals surface area contributed by atoms with E-state index < -0.39 is 5.72 Å². The summed E-state index contributed by atoms with van der Waals surface area (Å²) in [4.78, 5) is 13.9. The zero-order chi connectivity index (χ0) is 12.2. The van der Waals surface area contributed by atoms with E-state index in [1.807, 2.05) is 19.9 Å². The number of ketones is 1. The third kappa shape index (κ3) is 2.49. The van der Waals surface area contributed by atoms with Crippen molar-refractivity contribution in [1.82, 2.24) is 4.90 Å². The number of hydrogen-bond donors (Lipinski definition) is 1. The summed E-state index contributed by atoms with van der Waals surface area (Å²) in [7, 11) is 0. The highest BCUT2D eigenvalue weighted by molar-refractivity contribution is 6.01. The summed E-state index contributed by atoms with van der Waals surface area (Å²) >= 11 is 0. The molecule has 0 amide bonds. The highest BCUT2D eigenvalue weighted by Crippen LogP contribution is 2.17. The van der Waals surface area contributed by atoms with Crippen LogP contribution in [0.4, 0.5) is 0 Å². The van der Waals surface area contributed by atoms with Gasteiger partial charge in [0.05, 0.1) is 0 Å². The molecule has 1 rings (SSSR count). The fourth-order valence-electron chi connectivity index (χ4n) is 1.85. The maximum atomic E-state index is 12.1. The number of carbonyl (C=O) groups is 1. The van der Waals surface area contributed by atoms with Gasteiger partial charge in [-0.25, -0.2) is 0 Å². The largest absolute Gasteiger partial charge is 0.369 e. The van der Waals surface area contributed by atoms with Gasteiger partial charge in [-0.05, 0) is 20.0 Å². The minimum Gasteiger partial charge on any atom is -0.369 e. The van der Waals surface area contributed by atoms with Gasteiger partial charge in [0.25, 0.3) is 0 Å². The lowest BCUT2D eigenvalue weighted by Gasteiger charge is -2.34. The van der Waals surface area contributed by atoms with Gasteiger partial charge in [0, 0.05) is 5.56 Å². The highest BCUT2D eigenvalue weighted by atomic mass is 16.3. The van der Waals surface area contributed by atoms with Crippen LogP contribution in [0.25, 0.3) is 0 Å². The lowest BCUT2D eigenvalue weighted by molar-refractivity contribution is -0.0589. The van der Waals surface area contributed by atoms with E-state index in [0.29, 0.717) is 18.7 Å². The van der Waals surface area contributed by atoms with Crippen LogP contribution in [0, 0.1) is 0 Å². The number of rotatable bonds is 5. The Kier molecular flexibility index (Phi) is 4.21. The molecule has 0 aliphatic carbocycles. The summed E-state index contributed by atoms with van der Waals surface area (Å²) in [6.45, 7) is 6.69. The van der Waals surface area contributed by atoms with Crippen molar-refractivity contribution in [1.29, 1.82) is 0 Å². The van der Waals surface area contributed by atoms with Crippen molar-refractivity contribution >= 4 is 5.78 Å². The summed E-state index contributed by atoms with van der Waals surface area (Å²) in [5.41, 5.74) is -0.885. The number of benzene rings is 1. The Hall–Kier alpha value is -1.19. The Morgan fingerprint density at radius 3 is 2.19 bits per heavy atom. The molecule has 88 valence electrons. The van der Waals surface area contributed by atoms with Crippen molar-refractivity contribution in [3.63, 3.8) is 0 Å². The van der Waals surface area contributed by atoms with Crippen molar-refractivity contribution in [2.75, 3.05) is 13.1 Å². The number of carbonyl (C=O) groups excluding carboxylic acids is 1. The lowest BCUT2D eigenvalue weighted by atomic mass is 10.0. The predicted molar refractivity (Wildman–Crippen MR) is 64.3 cm³/mol. The number of Topliss-reactive ketones (excluding diaryl/α,β-unsaturated/α-hetero) is 1. The Balaban J connectivity index is 2.96. The van der Waals surface area contributed by atoms with Crippen LogP contribution in [-0.2, 0) is 0 Å². The fraction of sp³-hybridized carbons (Fsp3) is 0.462. The topological polar surface area (TPSA) is 40.5 Å². The van der Waals surface area contributed by atoms with Crippen LogP contribution in [0.3, 0.4) is 0 Å². The van der Waals surface area contributed by atoms with E-state index in [0.717, 1.165) is 0 Å². The average Bonchev–Trinajstić information content (AvgIpc) is 2.30. The molecule has 0 fully saturated rings. The molecule has 1 unspecified atom stereocenters. The van der Waals surface area contributed by atoms with Crippen LogP contribution in [-0.4, -0.2) is 34.6 Å². The third-order valence-corrected chi connectivity index (χ3v) is 2.85. The lowest BCUT2D eigenvalue weighted by Crippen LogP contribution is -2.52. The molecule has 1 aromatic rings. The molecule has 0 aliphatic heterocycles. The van der Waals surface area contributed by atoms with Crippen LogP contribution in [0.1, 0.15) is 31.1 Å². The molecule has 1 aromatic carbocycles. The molecular formula is C13H19NO2. The van der Waals surface area contributed by atoms with Crippen molar-refractivity contribution < 1.29 is 9.90 Å². The van der Waals surface area contributed by atoms with Crippen LogP contribution in [0.5, 0.6) is 0 Å². The Morgan fingerprint density at radius 2 is 1.75 bits per heavy atom. The quantitative estimate of drug-likeness (QED) is 0.610. The van der Waals surface area contributed by atoms with Crippen LogP contribution in [0.15, 0.2) is 30.3 Å².